The van der Waals surface area contributed by atoms with Crippen LogP contribution in [0.4, 0.5) is 15.9 Å². The third-order valence-electron chi connectivity index (χ3n) is 5.56. The van der Waals surface area contributed by atoms with Crippen molar-refractivity contribution >= 4 is 29.2 Å². The molecule has 0 saturated heterocycles. The molecule has 2 aliphatic heterocycles. The minimum Gasteiger partial charge on any atom is -0.368 e. The number of carbonyl (C=O) groups is 3. The van der Waals surface area contributed by atoms with Crippen LogP contribution in [0.5, 0.6) is 0 Å². The highest BCUT2D eigenvalue weighted by atomic mass is 19.1. The summed E-state index contributed by atoms with van der Waals surface area (Å²) in [6.45, 7) is -0.291. The molecule has 0 aliphatic carbocycles. The lowest BCUT2D eigenvalue weighted by molar-refractivity contribution is -0.127. The predicted octanol–water partition coefficient (Wildman–Crippen LogP) is 1.47. The number of halogens is 1. The lowest BCUT2D eigenvalue weighted by Gasteiger charge is -2.32. The summed E-state index contributed by atoms with van der Waals surface area (Å²) in [5.74, 6) is -1.49. The topological polar surface area (TPSA) is 110 Å². The van der Waals surface area contributed by atoms with E-state index >= 15 is 0 Å². The highest BCUT2D eigenvalue weighted by molar-refractivity contribution is 6.17. The summed E-state index contributed by atoms with van der Waals surface area (Å²) in [7, 11) is 0. The number of carbonyl (C=O) groups excluding carboxylic acids is 3. The van der Waals surface area contributed by atoms with Crippen LogP contribution >= 0.6 is 0 Å². The van der Waals surface area contributed by atoms with Crippen LogP contribution in [0.15, 0.2) is 54.7 Å². The number of fused-ring (bicyclic) bond motifs is 4. The van der Waals surface area contributed by atoms with Crippen LogP contribution in [0, 0.1) is 5.82 Å². The number of primary amides is 1. The molecule has 8 nitrogen and oxygen atoms in total. The summed E-state index contributed by atoms with van der Waals surface area (Å²) in [6.07, 6.45) is 1.40. The van der Waals surface area contributed by atoms with Gasteiger partial charge in [-0.25, -0.2) is 9.07 Å². The molecule has 3 heterocycles. The summed E-state index contributed by atoms with van der Waals surface area (Å²) in [5.41, 5.74) is 6.24. The summed E-state index contributed by atoms with van der Waals surface area (Å²) >= 11 is 0. The standard InChI is InChI=1S/C21H16FN5O3/c22-12-5-7-13(8-6-12)27-19-15(10-24-27)21(9-18(29)25-19)14-3-1-2-4-16(14)26(20(21)30)11-17(23)28/h1-8,10H,9,11H2,(H2,23,28)(H,25,29)/t21-/m0/s1. The third-order valence-corrected chi connectivity index (χ3v) is 5.56. The predicted molar refractivity (Wildman–Crippen MR) is 106 cm³/mol. The lowest BCUT2D eigenvalue weighted by atomic mass is 9.72. The number of anilines is 2. The minimum absolute atomic E-state index is 0.125. The second-order valence-corrected chi connectivity index (χ2v) is 7.30. The van der Waals surface area contributed by atoms with Gasteiger partial charge in [0.25, 0.3) is 0 Å². The fourth-order valence-electron chi connectivity index (χ4n) is 4.34. The maximum absolute atomic E-state index is 13.6. The number of hydrogen-bond acceptors (Lipinski definition) is 4. The Hall–Kier alpha value is -4.01. The van der Waals surface area contributed by atoms with Gasteiger partial charge in [-0.05, 0) is 35.9 Å². The molecule has 9 heteroatoms. The second kappa shape index (κ2) is 6.24. The fraction of sp³-hybridized carbons (Fsp3) is 0.143. The van der Waals surface area contributed by atoms with Crippen LogP contribution in [0.2, 0.25) is 0 Å². The zero-order valence-corrected chi connectivity index (χ0v) is 15.6. The van der Waals surface area contributed by atoms with E-state index in [9.17, 15) is 18.8 Å². The zero-order chi connectivity index (χ0) is 21.0. The molecule has 0 fully saturated rings. The van der Waals surface area contributed by atoms with Crippen LogP contribution in [0.25, 0.3) is 5.69 Å². The number of rotatable bonds is 3. The first-order chi connectivity index (χ1) is 14.4. The molecule has 3 N–H and O–H groups in total. The Morgan fingerprint density at radius 2 is 1.87 bits per heavy atom. The number of nitrogens with one attached hydrogen (secondary N) is 1. The van der Waals surface area contributed by atoms with Gasteiger partial charge in [0.15, 0.2) is 0 Å². The summed E-state index contributed by atoms with van der Waals surface area (Å²) in [5, 5.41) is 7.15. The van der Waals surface area contributed by atoms with Crippen molar-refractivity contribution in [2.45, 2.75) is 11.8 Å². The average molecular weight is 405 g/mol. The SMILES string of the molecule is NC(=O)CN1C(=O)[C@@]2(CC(=O)Nc3c2cnn3-c2ccc(F)cc2)c2ccccc21. The van der Waals surface area contributed by atoms with Gasteiger partial charge in [-0.15, -0.1) is 0 Å². The molecular weight excluding hydrogens is 389 g/mol. The molecule has 1 aromatic heterocycles. The summed E-state index contributed by atoms with van der Waals surface area (Å²) in [4.78, 5) is 39.3. The Bertz CT molecular complexity index is 1220. The first kappa shape index (κ1) is 18.0. The largest absolute Gasteiger partial charge is 0.368 e. The molecule has 1 atom stereocenters. The Labute approximate surface area is 170 Å². The first-order valence-corrected chi connectivity index (χ1v) is 9.26. The van der Waals surface area contributed by atoms with E-state index in [2.05, 4.69) is 10.4 Å². The van der Waals surface area contributed by atoms with Crippen molar-refractivity contribution in [1.29, 1.82) is 0 Å². The summed E-state index contributed by atoms with van der Waals surface area (Å²) < 4.78 is 14.8. The monoisotopic (exact) mass is 405 g/mol. The van der Waals surface area contributed by atoms with E-state index in [1.165, 1.54) is 40.0 Å². The van der Waals surface area contributed by atoms with Crippen molar-refractivity contribution < 1.29 is 18.8 Å². The van der Waals surface area contributed by atoms with Crippen LogP contribution in [-0.4, -0.2) is 34.0 Å². The van der Waals surface area contributed by atoms with Gasteiger partial charge in [-0.2, -0.15) is 5.10 Å². The Kier molecular flexibility index (Phi) is 3.76. The Balaban J connectivity index is 1.73. The number of aromatic nitrogens is 2. The number of amides is 3. The van der Waals surface area contributed by atoms with Crippen molar-refractivity contribution in [3.05, 3.63) is 71.7 Å². The van der Waals surface area contributed by atoms with Gasteiger partial charge in [0.1, 0.15) is 23.6 Å². The van der Waals surface area contributed by atoms with E-state index in [0.717, 1.165) is 0 Å². The van der Waals surface area contributed by atoms with E-state index in [0.29, 0.717) is 28.3 Å². The molecule has 30 heavy (non-hydrogen) atoms. The molecular formula is C21H16FN5O3. The van der Waals surface area contributed by atoms with Gasteiger partial charge in [0.2, 0.25) is 17.7 Å². The van der Waals surface area contributed by atoms with Gasteiger partial charge in [-0.1, -0.05) is 18.2 Å². The van der Waals surface area contributed by atoms with Crippen molar-refractivity contribution in [3.63, 3.8) is 0 Å². The molecule has 0 bridgehead atoms. The summed E-state index contributed by atoms with van der Waals surface area (Å²) in [6, 6.07) is 12.7. The highest BCUT2D eigenvalue weighted by Crippen LogP contribution is 2.52. The van der Waals surface area contributed by atoms with Gasteiger partial charge in [-0.3, -0.25) is 14.4 Å². The Morgan fingerprint density at radius 1 is 1.13 bits per heavy atom. The van der Waals surface area contributed by atoms with Gasteiger partial charge in [0, 0.05) is 17.7 Å². The molecule has 0 saturated carbocycles. The molecule has 3 amide bonds. The molecule has 3 aromatic rings. The van der Waals surface area contributed by atoms with Crippen LogP contribution in [-0.2, 0) is 19.8 Å². The maximum atomic E-state index is 13.6. The molecule has 5 rings (SSSR count). The van der Waals surface area contributed by atoms with E-state index in [4.69, 9.17) is 5.73 Å². The van der Waals surface area contributed by atoms with Crippen molar-refractivity contribution in [3.8, 4) is 5.69 Å². The van der Waals surface area contributed by atoms with Crippen LogP contribution < -0.4 is 16.0 Å². The van der Waals surface area contributed by atoms with Crippen molar-refractivity contribution in [1.82, 2.24) is 9.78 Å². The van der Waals surface area contributed by atoms with E-state index in [1.807, 2.05) is 0 Å². The molecule has 150 valence electrons. The lowest BCUT2D eigenvalue weighted by Crippen LogP contribution is -2.48. The van der Waals surface area contributed by atoms with E-state index in [-0.39, 0.29) is 18.9 Å². The number of hydrogen-bond donors (Lipinski definition) is 2. The number of para-hydroxylation sites is 1. The number of nitrogens with two attached hydrogens (primary N) is 1. The normalized spacial score (nSPS) is 19.6. The number of benzene rings is 2. The quantitative estimate of drug-likeness (QED) is 0.688. The fourth-order valence-corrected chi connectivity index (χ4v) is 4.34. The van der Waals surface area contributed by atoms with Gasteiger partial charge >= 0.3 is 0 Å². The third kappa shape index (κ3) is 2.38. The second-order valence-electron chi connectivity index (χ2n) is 7.30. The Morgan fingerprint density at radius 3 is 2.60 bits per heavy atom. The number of nitrogens with zero attached hydrogens (tertiary/aromatic N) is 3. The van der Waals surface area contributed by atoms with Crippen LogP contribution in [0.3, 0.4) is 0 Å². The van der Waals surface area contributed by atoms with Crippen molar-refractivity contribution in [2.75, 3.05) is 16.8 Å². The molecule has 1 spiro atoms. The van der Waals surface area contributed by atoms with Gasteiger partial charge in [0.05, 0.1) is 11.9 Å². The zero-order valence-electron chi connectivity index (χ0n) is 15.6. The van der Waals surface area contributed by atoms with E-state index in [1.54, 1.807) is 24.3 Å². The molecule has 2 aromatic carbocycles. The van der Waals surface area contributed by atoms with Gasteiger partial charge < -0.3 is 16.0 Å². The highest BCUT2D eigenvalue weighted by Gasteiger charge is 2.57. The average Bonchev–Trinajstić information content (AvgIpc) is 3.23. The smallest absolute Gasteiger partial charge is 0.243 e. The molecule has 2 aliphatic rings. The minimum atomic E-state index is -1.32. The maximum Gasteiger partial charge on any atom is 0.243 e. The first-order valence-electron chi connectivity index (χ1n) is 9.26. The van der Waals surface area contributed by atoms with E-state index < -0.39 is 23.0 Å². The van der Waals surface area contributed by atoms with Crippen molar-refractivity contribution in [2.24, 2.45) is 5.73 Å². The molecule has 0 unspecified atom stereocenters. The van der Waals surface area contributed by atoms with Crippen LogP contribution in [0.1, 0.15) is 17.5 Å². The molecule has 0 radical (unpaired) electrons.